The van der Waals surface area contributed by atoms with Gasteiger partial charge in [-0.25, -0.2) is 4.39 Å². The molecule has 0 unspecified atom stereocenters. The van der Waals surface area contributed by atoms with Crippen LogP contribution in [-0.2, 0) is 0 Å². The van der Waals surface area contributed by atoms with E-state index >= 15 is 0 Å². The van der Waals surface area contributed by atoms with E-state index in [1.54, 1.807) is 0 Å². The summed E-state index contributed by atoms with van der Waals surface area (Å²) in [4.78, 5) is 2.62. The second-order valence-electron chi connectivity index (χ2n) is 7.18. The first-order valence-electron chi connectivity index (χ1n) is 6.83. The highest BCUT2D eigenvalue weighted by Crippen LogP contribution is 2.69. The normalized spacial score (nSPS) is 51.6. The van der Waals surface area contributed by atoms with Crippen LogP contribution in [-0.4, -0.2) is 29.2 Å². The standard InChI is InChI=1S/C14H24FN/c1-11(2)7-14-5-4-6-16(14)10-13(9-14)8-12(13,3)15/h11H,4-10H2,1-3H3/t12-,13+,14+/m0/s1. The summed E-state index contributed by atoms with van der Waals surface area (Å²) in [6.45, 7) is 8.67. The monoisotopic (exact) mass is 225 g/mol. The molecule has 0 radical (unpaired) electrons. The highest BCUT2D eigenvalue weighted by atomic mass is 19.1. The lowest BCUT2D eigenvalue weighted by Gasteiger charge is -2.33. The van der Waals surface area contributed by atoms with Crippen molar-refractivity contribution in [2.24, 2.45) is 11.3 Å². The SMILES string of the molecule is CC(C)C[C@@]12CCCN1C[C@]1(C2)C[C@]1(C)F. The molecule has 16 heavy (non-hydrogen) atoms. The van der Waals surface area contributed by atoms with Crippen molar-refractivity contribution in [3.05, 3.63) is 0 Å². The van der Waals surface area contributed by atoms with Crippen molar-refractivity contribution in [2.45, 2.75) is 64.1 Å². The molecule has 2 aliphatic heterocycles. The van der Waals surface area contributed by atoms with Gasteiger partial charge in [-0.2, -0.15) is 0 Å². The van der Waals surface area contributed by atoms with Gasteiger partial charge in [-0.1, -0.05) is 13.8 Å². The summed E-state index contributed by atoms with van der Waals surface area (Å²) in [5, 5.41) is 0. The van der Waals surface area contributed by atoms with Gasteiger partial charge in [-0.15, -0.1) is 0 Å². The first kappa shape index (κ1) is 11.0. The molecule has 0 aromatic heterocycles. The zero-order chi connectivity index (χ0) is 11.6. The van der Waals surface area contributed by atoms with Crippen LogP contribution in [0.1, 0.15) is 52.9 Å². The fraction of sp³-hybridized carbons (Fsp3) is 1.00. The van der Waals surface area contributed by atoms with Gasteiger partial charge < -0.3 is 0 Å². The third-order valence-electron chi connectivity index (χ3n) is 5.34. The van der Waals surface area contributed by atoms with Gasteiger partial charge in [0.05, 0.1) is 0 Å². The van der Waals surface area contributed by atoms with Crippen molar-refractivity contribution >= 4 is 0 Å². The molecule has 0 aromatic rings. The molecule has 2 heteroatoms. The van der Waals surface area contributed by atoms with Gasteiger partial charge in [-0.3, -0.25) is 4.90 Å². The molecule has 3 aliphatic rings. The number of alkyl halides is 1. The second-order valence-corrected chi connectivity index (χ2v) is 7.18. The zero-order valence-corrected chi connectivity index (χ0v) is 10.9. The topological polar surface area (TPSA) is 3.24 Å². The zero-order valence-electron chi connectivity index (χ0n) is 10.9. The van der Waals surface area contributed by atoms with Crippen LogP contribution >= 0.6 is 0 Å². The third-order valence-corrected chi connectivity index (χ3v) is 5.34. The minimum absolute atomic E-state index is 0.0440. The number of rotatable bonds is 2. The summed E-state index contributed by atoms with van der Waals surface area (Å²) in [7, 11) is 0. The van der Waals surface area contributed by atoms with Crippen LogP contribution < -0.4 is 0 Å². The molecule has 3 atom stereocenters. The van der Waals surface area contributed by atoms with Crippen LogP contribution in [0.2, 0.25) is 0 Å². The van der Waals surface area contributed by atoms with Crippen LogP contribution in [0.25, 0.3) is 0 Å². The quantitative estimate of drug-likeness (QED) is 0.696. The number of hydrogen-bond donors (Lipinski definition) is 0. The lowest BCUT2D eigenvalue weighted by molar-refractivity contribution is 0.163. The Morgan fingerprint density at radius 3 is 2.56 bits per heavy atom. The van der Waals surface area contributed by atoms with Gasteiger partial charge in [0.1, 0.15) is 5.67 Å². The predicted molar refractivity (Wildman–Crippen MR) is 64.2 cm³/mol. The van der Waals surface area contributed by atoms with Gasteiger partial charge in [0.2, 0.25) is 0 Å². The Morgan fingerprint density at radius 2 is 2.00 bits per heavy atom. The fourth-order valence-corrected chi connectivity index (χ4v) is 4.61. The molecule has 0 N–H and O–H groups in total. The Labute approximate surface area is 98.4 Å². The van der Waals surface area contributed by atoms with Crippen molar-refractivity contribution in [1.82, 2.24) is 4.90 Å². The predicted octanol–water partition coefficient (Wildman–Crippen LogP) is 3.39. The minimum atomic E-state index is -0.860. The molecule has 2 heterocycles. The number of halogens is 1. The summed E-state index contributed by atoms with van der Waals surface area (Å²) in [6.07, 6.45) is 5.85. The average Bonchev–Trinajstić information content (AvgIpc) is 2.39. The van der Waals surface area contributed by atoms with E-state index in [-0.39, 0.29) is 5.41 Å². The molecule has 0 aromatic carbocycles. The fourth-order valence-electron chi connectivity index (χ4n) is 4.61. The van der Waals surface area contributed by atoms with Crippen molar-refractivity contribution in [2.75, 3.05) is 13.1 Å². The molecule has 2 saturated heterocycles. The molecule has 3 fully saturated rings. The Morgan fingerprint density at radius 1 is 1.31 bits per heavy atom. The van der Waals surface area contributed by atoms with Crippen molar-refractivity contribution in [3.63, 3.8) is 0 Å². The van der Waals surface area contributed by atoms with Gasteiger partial charge in [0, 0.05) is 17.5 Å². The van der Waals surface area contributed by atoms with Gasteiger partial charge in [-0.05, 0) is 51.5 Å². The summed E-state index contributed by atoms with van der Waals surface area (Å²) < 4.78 is 14.1. The average molecular weight is 225 g/mol. The van der Waals surface area contributed by atoms with Crippen molar-refractivity contribution < 1.29 is 4.39 Å². The van der Waals surface area contributed by atoms with E-state index < -0.39 is 5.67 Å². The van der Waals surface area contributed by atoms with E-state index in [2.05, 4.69) is 18.7 Å². The third kappa shape index (κ3) is 1.32. The first-order valence-corrected chi connectivity index (χ1v) is 6.83. The molecule has 1 saturated carbocycles. The highest BCUT2D eigenvalue weighted by Gasteiger charge is 2.72. The Kier molecular flexibility index (Phi) is 2.07. The maximum absolute atomic E-state index is 14.1. The van der Waals surface area contributed by atoms with Gasteiger partial charge >= 0.3 is 0 Å². The molecule has 1 aliphatic carbocycles. The van der Waals surface area contributed by atoms with E-state index in [4.69, 9.17) is 0 Å². The lowest BCUT2D eigenvalue weighted by Crippen LogP contribution is -2.39. The van der Waals surface area contributed by atoms with E-state index in [1.165, 1.54) is 25.8 Å². The summed E-state index contributed by atoms with van der Waals surface area (Å²) >= 11 is 0. The molecular weight excluding hydrogens is 201 g/mol. The maximum Gasteiger partial charge on any atom is 0.116 e. The van der Waals surface area contributed by atoms with E-state index in [1.807, 2.05) is 6.92 Å². The van der Waals surface area contributed by atoms with Crippen LogP contribution in [0.3, 0.4) is 0 Å². The van der Waals surface area contributed by atoms with E-state index in [9.17, 15) is 4.39 Å². The number of fused-ring (bicyclic) bond motifs is 1. The molecule has 1 spiro atoms. The van der Waals surface area contributed by atoms with Crippen molar-refractivity contribution in [1.29, 1.82) is 0 Å². The summed E-state index contributed by atoms with van der Waals surface area (Å²) in [5.74, 6) is 0.736. The molecule has 92 valence electrons. The Balaban J connectivity index is 1.83. The minimum Gasteiger partial charge on any atom is -0.297 e. The van der Waals surface area contributed by atoms with Gasteiger partial charge in [0.15, 0.2) is 0 Å². The van der Waals surface area contributed by atoms with E-state index in [0.717, 1.165) is 25.3 Å². The summed E-state index contributed by atoms with van der Waals surface area (Å²) in [5.41, 5.74) is -0.443. The van der Waals surface area contributed by atoms with Crippen LogP contribution in [0, 0.1) is 11.3 Å². The van der Waals surface area contributed by atoms with Crippen LogP contribution in [0.5, 0.6) is 0 Å². The largest absolute Gasteiger partial charge is 0.297 e. The molecular formula is C14H24FN. The summed E-state index contributed by atoms with van der Waals surface area (Å²) in [6, 6.07) is 0. The Hall–Kier alpha value is -0.110. The number of nitrogens with zero attached hydrogens (tertiary/aromatic N) is 1. The van der Waals surface area contributed by atoms with Gasteiger partial charge in [0.25, 0.3) is 0 Å². The smallest absolute Gasteiger partial charge is 0.116 e. The van der Waals surface area contributed by atoms with Crippen molar-refractivity contribution in [3.8, 4) is 0 Å². The Bertz CT molecular complexity index is 312. The van der Waals surface area contributed by atoms with Crippen LogP contribution in [0.4, 0.5) is 4.39 Å². The molecule has 3 rings (SSSR count). The maximum atomic E-state index is 14.1. The van der Waals surface area contributed by atoms with E-state index in [0.29, 0.717) is 5.54 Å². The lowest BCUT2D eigenvalue weighted by atomic mass is 9.81. The molecule has 1 nitrogen and oxygen atoms in total. The second kappa shape index (κ2) is 3.01. The molecule has 0 bridgehead atoms. The number of hydrogen-bond acceptors (Lipinski definition) is 1. The first-order chi connectivity index (χ1) is 7.39. The molecule has 0 amide bonds. The highest BCUT2D eigenvalue weighted by molar-refractivity contribution is 5.24. The van der Waals surface area contributed by atoms with Crippen LogP contribution in [0.15, 0.2) is 0 Å².